The Bertz CT molecular complexity index is 595. The average Bonchev–Trinajstić information content (AvgIpc) is 3.14. The highest BCUT2D eigenvalue weighted by Crippen LogP contribution is 2.38. The van der Waals surface area contributed by atoms with Gasteiger partial charge < -0.3 is 10.3 Å². The average molecular weight is 298 g/mol. The molecule has 1 aliphatic carbocycles. The molecule has 6 heteroatoms. The number of halogens is 2. The van der Waals surface area contributed by atoms with Gasteiger partial charge in [0, 0.05) is 6.42 Å². The summed E-state index contributed by atoms with van der Waals surface area (Å²) in [5.41, 5.74) is 7.00. The van der Waals surface area contributed by atoms with E-state index in [1.54, 1.807) is 12.1 Å². The number of nitrogens with two attached hydrogens (primary N) is 1. The monoisotopic (exact) mass is 297 g/mol. The molecule has 2 aromatic rings. The van der Waals surface area contributed by atoms with Gasteiger partial charge in [0.15, 0.2) is 5.82 Å². The minimum Gasteiger partial charge on any atom is -0.338 e. The van der Waals surface area contributed by atoms with Crippen LogP contribution in [0.2, 0.25) is 10.0 Å². The van der Waals surface area contributed by atoms with Gasteiger partial charge in [0.2, 0.25) is 5.89 Å². The lowest BCUT2D eigenvalue weighted by Crippen LogP contribution is -2.12. The Morgan fingerprint density at radius 2 is 2.11 bits per heavy atom. The van der Waals surface area contributed by atoms with Gasteiger partial charge >= 0.3 is 0 Å². The molecular weight excluding hydrogens is 285 g/mol. The fourth-order valence-electron chi connectivity index (χ4n) is 1.96. The van der Waals surface area contributed by atoms with Gasteiger partial charge in [-0.2, -0.15) is 4.98 Å². The molecule has 100 valence electrons. The zero-order valence-electron chi connectivity index (χ0n) is 10.1. The molecule has 1 atom stereocenters. The fourth-order valence-corrected chi connectivity index (χ4v) is 2.28. The van der Waals surface area contributed by atoms with Crippen LogP contribution in [0.3, 0.4) is 0 Å². The van der Waals surface area contributed by atoms with Crippen LogP contribution in [0.1, 0.15) is 36.2 Å². The van der Waals surface area contributed by atoms with Crippen LogP contribution >= 0.6 is 23.2 Å². The van der Waals surface area contributed by atoms with Crippen molar-refractivity contribution in [1.82, 2.24) is 10.1 Å². The summed E-state index contributed by atoms with van der Waals surface area (Å²) in [5.74, 6) is 1.64. The largest absolute Gasteiger partial charge is 0.338 e. The first-order valence-electron chi connectivity index (χ1n) is 6.15. The summed E-state index contributed by atoms with van der Waals surface area (Å²) in [6.45, 7) is 0. The summed E-state index contributed by atoms with van der Waals surface area (Å²) < 4.78 is 5.21. The maximum Gasteiger partial charge on any atom is 0.243 e. The lowest BCUT2D eigenvalue weighted by Gasteiger charge is -2.02. The summed E-state index contributed by atoms with van der Waals surface area (Å²) in [4.78, 5) is 4.34. The summed E-state index contributed by atoms with van der Waals surface area (Å²) in [7, 11) is 0. The zero-order valence-corrected chi connectivity index (χ0v) is 11.7. The van der Waals surface area contributed by atoms with Crippen molar-refractivity contribution < 1.29 is 4.52 Å². The van der Waals surface area contributed by atoms with Gasteiger partial charge in [0.25, 0.3) is 0 Å². The van der Waals surface area contributed by atoms with E-state index in [0.717, 1.165) is 18.4 Å². The first kappa shape index (κ1) is 12.9. The van der Waals surface area contributed by atoms with Gasteiger partial charge in [0.1, 0.15) is 0 Å². The Balaban J connectivity index is 1.74. The van der Waals surface area contributed by atoms with Gasteiger partial charge in [-0.15, -0.1) is 0 Å². The maximum absolute atomic E-state index is 6.02. The van der Waals surface area contributed by atoms with Gasteiger partial charge in [0.05, 0.1) is 16.1 Å². The molecule has 19 heavy (non-hydrogen) atoms. The molecule has 0 bridgehead atoms. The van der Waals surface area contributed by atoms with Crippen LogP contribution in [0, 0.1) is 5.92 Å². The van der Waals surface area contributed by atoms with Crippen molar-refractivity contribution in [2.45, 2.75) is 25.3 Å². The third kappa shape index (κ3) is 2.91. The fraction of sp³-hybridized carbons (Fsp3) is 0.385. The minimum atomic E-state index is -0.130. The van der Waals surface area contributed by atoms with Crippen LogP contribution in [-0.2, 0) is 6.42 Å². The molecule has 1 aliphatic rings. The smallest absolute Gasteiger partial charge is 0.243 e. The second-order valence-corrected chi connectivity index (χ2v) is 5.65. The van der Waals surface area contributed by atoms with Crippen LogP contribution < -0.4 is 5.73 Å². The van der Waals surface area contributed by atoms with Crippen molar-refractivity contribution in [3.05, 3.63) is 45.5 Å². The van der Waals surface area contributed by atoms with Gasteiger partial charge in [-0.25, -0.2) is 0 Å². The first-order chi connectivity index (χ1) is 9.13. The molecule has 1 fully saturated rings. The minimum absolute atomic E-state index is 0.130. The maximum atomic E-state index is 6.02. The molecule has 3 rings (SSSR count). The summed E-state index contributed by atoms with van der Waals surface area (Å²) >= 11 is 11.8. The lowest BCUT2D eigenvalue weighted by atomic mass is 10.1. The topological polar surface area (TPSA) is 64.9 Å². The second-order valence-electron chi connectivity index (χ2n) is 4.84. The Hall–Kier alpha value is -1.10. The number of hydrogen-bond acceptors (Lipinski definition) is 4. The standard InChI is InChI=1S/C13H13Cl2N3O/c14-9-4-1-7(5-10(9)15)6-11-17-13(19-18-11)12(16)8-2-3-8/h1,4-5,8,12H,2-3,6,16H2. The van der Waals surface area contributed by atoms with Gasteiger partial charge in [-0.1, -0.05) is 34.4 Å². The molecule has 1 aromatic carbocycles. The molecule has 0 radical (unpaired) electrons. The Kier molecular flexibility index (Phi) is 3.48. The Morgan fingerprint density at radius 3 is 2.79 bits per heavy atom. The van der Waals surface area contributed by atoms with Crippen molar-refractivity contribution in [2.75, 3.05) is 0 Å². The normalized spacial score (nSPS) is 16.6. The van der Waals surface area contributed by atoms with Crippen LogP contribution in [0.15, 0.2) is 22.7 Å². The van der Waals surface area contributed by atoms with Gasteiger partial charge in [-0.3, -0.25) is 0 Å². The predicted octanol–water partition coefficient (Wildman–Crippen LogP) is 3.38. The van der Waals surface area contributed by atoms with Crippen molar-refractivity contribution in [1.29, 1.82) is 0 Å². The molecule has 4 nitrogen and oxygen atoms in total. The highest BCUT2D eigenvalue weighted by molar-refractivity contribution is 6.42. The molecule has 0 saturated heterocycles. The molecular formula is C13H13Cl2N3O. The predicted molar refractivity (Wildman–Crippen MR) is 73.2 cm³/mol. The third-order valence-electron chi connectivity index (χ3n) is 3.25. The van der Waals surface area contributed by atoms with E-state index in [1.165, 1.54) is 0 Å². The van der Waals surface area contributed by atoms with Crippen molar-refractivity contribution >= 4 is 23.2 Å². The zero-order chi connectivity index (χ0) is 13.4. The number of benzene rings is 1. The lowest BCUT2D eigenvalue weighted by molar-refractivity contribution is 0.340. The molecule has 0 aliphatic heterocycles. The molecule has 1 aromatic heterocycles. The molecule has 1 heterocycles. The highest BCUT2D eigenvalue weighted by Gasteiger charge is 2.33. The number of rotatable bonds is 4. The van der Waals surface area contributed by atoms with E-state index < -0.39 is 0 Å². The number of aromatic nitrogens is 2. The highest BCUT2D eigenvalue weighted by atomic mass is 35.5. The van der Waals surface area contributed by atoms with E-state index in [2.05, 4.69) is 10.1 Å². The van der Waals surface area contributed by atoms with E-state index in [9.17, 15) is 0 Å². The van der Waals surface area contributed by atoms with Crippen LogP contribution in [0.4, 0.5) is 0 Å². The molecule has 1 unspecified atom stereocenters. The molecule has 0 amide bonds. The number of nitrogens with zero attached hydrogens (tertiary/aromatic N) is 2. The van der Waals surface area contributed by atoms with Crippen molar-refractivity contribution in [3.8, 4) is 0 Å². The molecule has 1 saturated carbocycles. The third-order valence-corrected chi connectivity index (χ3v) is 3.98. The molecule has 2 N–H and O–H groups in total. The Morgan fingerprint density at radius 1 is 1.32 bits per heavy atom. The van der Waals surface area contributed by atoms with E-state index in [0.29, 0.717) is 34.1 Å². The van der Waals surface area contributed by atoms with E-state index in [4.69, 9.17) is 33.5 Å². The summed E-state index contributed by atoms with van der Waals surface area (Å²) in [6.07, 6.45) is 2.84. The first-order valence-corrected chi connectivity index (χ1v) is 6.91. The quantitative estimate of drug-likeness (QED) is 0.939. The van der Waals surface area contributed by atoms with E-state index >= 15 is 0 Å². The van der Waals surface area contributed by atoms with E-state index in [1.807, 2.05) is 6.07 Å². The van der Waals surface area contributed by atoms with E-state index in [-0.39, 0.29) is 6.04 Å². The van der Waals surface area contributed by atoms with Crippen LogP contribution in [0.5, 0.6) is 0 Å². The SMILES string of the molecule is NC(c1nc(Cc2ccc(Cl)c(Cl)c2)no1)C1CC1. The van der Waals surface area contributed by atoms with Crippen LogP contribution in [0.25, 0.3) is 0 Å². The van der Waals surface area contributed by atoms with Crippen LogP contribution in [-0.4, -0.2) is 10.1 Å². The van der Waals surface area contributed by atoms with Crippen molar-refractivity contribution in [2.24, 2.45) is 11.7 Å². The Labute approximate surface area is 120 Å². The molecule has 0 spiro atoms. The second kappa shape index (κ2) is 5.12. The number of hydrogen-bond donors (Lipinski definition) is 1. The van der Waals surface area contributed by atoms with Gasteiger partial charge in [-0.05, 0) is 36.5 Å². The summed E-state index contributed by atoms with van der Waals surface area (Å²) in [6, 6.07) is 5.33. The summed E-state index contributed by atoms with van der Waals surface area (Å²) in [5, 5.41) is 5.02. The van der Waals surface area contributed by atoms with Crippen molar-refractivity contribution in [3.63, 3.8) is 0 Å².